The number of hydrogen-bond acceptors (Lipinski definition) is 6. The molecular weight excluding hydrogens is 538 g/mol. The van der Waals surface area contributed by atoms with Gasteiger partial charge in [0.15, 0.2) is 5.82 Å². The maximum absolute atomic E-state index is 13.7. The van der Waals surface area contributed by atoms with Gasteiger partial charge in [0.2, 0.25) is 5.91 Å². The Kier molecular flexibility index (Phi) is 7.69. The monoisotopic (exact) mass is 571 g/mol. The molecule has 3 heterocycles. The highest BCUT2D eigenvalue weighted by Crippen LogP contribution is 2.38. The van der Waals surface area contributed by atoms with Crippen LogP contribution in [0, 0.1) is 5.92 Å². The minimum Gasteiger partial charge on any atom is -0.508 e. The van der Waals surface area contributed by atoms with Gasteiger partial charge in [0.1, 0.15) is 5.75 Å². The second-order valence-corrected chi connectivity index (χ2v) is 11.5. The number of carbonyl (C=O) groups excluding carboxylic acids is 1. The van der Waals surface area contributed by atoms with Crippen LogP contribution in [-0.4, -0.2) is 69.6 Å². The predicted octanol–water partition coefficient (Wildman–Crippen LogP) is 5.12. The Morgan fingerprint density at radius 1 is 1.10 bits per heavy atom. The van der Waals surface area contributed by atoms with Gasteiger partial charge in [-0.25, -0.2) is 4.98 Å². The highest BCUT2D eigenvalue weighted by molar-refractivity contribution is 6.34. The number of aromatic nitrogens is 2. The summed E-state index contributed by atoms with van der Waals surface area (Å²) in [6.07, 6.45) is 5.01. The van der Waals surface area contributed by atoms with Crippen molar-refractivity contribution >= 4 is 45.1 Å². The first-order valence-corrected chi connectivity index (χ1v) is 14.6. The first-order chi connectivity index (χ1) is 19.9. The zero-order chi connectivity index (χ0) is 28.5. The number of fused-ring (bicyclic) bond motifs is 2. The molecule has 2 aliphatic rings. The molecule has 1 aromatic heterocycles. The normalized spacial score (nSPS) is 16.2. The van der Waals surface area contributed by atoms with E-state index < -0.39 is 0 Å². The number of amides is 1. The van der Waals surface area contributed by atoms with E-state index in [1.54, 1.807) is 27.7 Å². The third-order valence-corrected chi connectivity index (χ3v) is 8.54. The Balaban J connectivity index is 1.39. The first kappa shape index (κ1) is 27.3. The molecule has 0 aliphatic carbocycles. The van der Waals surface area contributed by atoms with E-state index in [0.29, 0.717) is 48.1 Å². The molecule has 2 fully saturated rings. The third-order valence-electron chi connectivity index (χ3n) is 8.23. The van der Waals surface area contributed by atoms with Gasteiger partial charge in [-0.15, -0.1) is 0 Å². The first-order valence-electron chi connectivity index (χ1n) is 14.2. The highest BCUT2D eigenvalue weighted by atomic mass is 35.5. The van der Waals surface area contributed by atoms with Gasteiger partial charge in [-0.1, -0.05) is 48.9 Å². The summed E-state index contributed by atoms with van der Waals surface area (Å²) in [5.41, 5.74) is 2.61. The second-order valence-electron chi connectivity index (χ2n) is 11.1. The number of aromatic hydroxyl groups is 1. The second kappa shape index (κ2) is 11.5. The minimum absolute atomic E-state index is 0.0979. The average Bonchev–Trinajstić information content (AvgIpc) is 2.96. The molecule has 2 saturated heterocycles. The Labute approximate surface area is 243 Å². The van der Waals surface area contributed by atoms with Crippen molar-refractivity contribution in [1.29, 1.82) is 0 Å². The van der Waals surface area contributed by atoms with Crippen LogP contribution in [-0.2, 0) is 11.3 Å². The molecule has 6 rings (SSSR count). The van der Waals surface area contributed by atoms with E-state index in [2.05, 4.69) is 16.8 Å². The molecule has 0 saturated carbocycles. The molecule has 2 N–H and O–H groups in total. The topological polar surface area (TPSA) is 90.7 Å². The van der Waals surface area contributed by atoms with E-state index in [-0.39, 0.29) is 23.1 Å². The van der Waals surface area contributed by atoms with Gasteiger partial charge in [0, 0.05) is 44.2 Å². The lowest BCUT2D eigenvalue weighted by Gasteiger charge is -2.39. The lowest BCUT2D eigenvalue weighted by Crippen LogP contribution is -2.51. The van der Waals surface area contributed by atoms with Crippen LogP contribution < -0.4 is 10.9 Å². The standard InChI is InChI=1S/C32H34ClN5O3/c1-2-30(40)37-18-21(19-37)20-38-29-17-27(33)26(25-15-23(39)14-22-8-4-5-9-24(22)25)16-28(29)35-31(32(38)41)34-10-13-36-11-6-3-7-12-36/h2,4-5,8-9,14-17,21,39H,1,3,6-7,10-13,18-20H2,(H,34,35). The number of anilines is 1. The van der Waals surface area contributed by atoms with Crippen molar-refractivity contribution in [2.24, 2.45) is 5.92 Å². The Hall–Kier alpha value is -3.88. The lowest BCUT2D eigenvalue weighted by atomic mass is 9.97. The molecule has 8 nitrogen and oxygen atoms in total. The summed E-state index contributed by atoms with van der Waals surface area (Å²) in [4.78, 5) is 34.7. The van der Waals surface area contributed by atoms with Crippen LogP contribution in [0.3, 0.4) is 0 Å². The van der Waals surface area contributed by atoms with Crippen molar-refractivity contribution in [2.75, 3.05) is 44.6 Å². The fourth-order valence-corrected chi connectivity index (χ4v) is 6.31. The van der Waals surface area contributed by atoms with Crippen LogP contribution >= 0.6 is 11.6 Å². The summed E-state index contributed by atoms with van der Waals surface area (Å²) < 4.78 is 1.74. The largest absolute Gasteiger partial charge is 0.508 e. The number of rotatable bonds is 8. The maximum Gasteiger partial charge on any atom is 0.293 e. The molecule has 41 heavy (non-hydrogen) atoms. The van der Waals surface area contributed by atoms with Gasteiger partial charge in [-0.05, 0) is 72.6 Å². The van der Waals surface area contributed by atoms with E-state index in [1.165, 1.54) is 25.3 Å². The number of phenols is 1. The van der Waals surface area contributed by atoms with E-state index in [9.17, 15) is 14.7 Å². The van der Waals surface area contributed by atoms with Crippen LogP contribution in [0.5, 0.6) is 5.75 Å². The lowest BCUT2D eigenvalue weighted by molar-refractivity contribution is -0.132. The number of likely N-dealkylation sites (tertiary alicyclic amines) is 2. The molecule has 0 atom stereocenters. The average molecular weight is 572 g/mol. The van der Waals surface area contributed by atoms with Gasteiger partial charge in [0.25, 0.3) is 5.56 Å². The molecule has 0 radical (unpaired) electrons. The number of halogens is 1. The van der Waals surface area contributed by atoms with Crippen LogP contribution in [0.25, 0.3) is 32.9 Å². The van der Waals surface area contributed by atoms with Gasteiger partial charge < -0.3 is 24.8 Å². The van der Waals surface area contributed by atoms with Crippen LogP contribution in [0.4, 0.5) is 5.82 Å². The van der Waals surface area contributed by atoms with E-state index in [4.69, 9.17) is 16.6 Å². The summed E-state index contributed by atoms with van der Waals surface area (Å²) in [7, 11) is 0. The molecule has 9 heteroatoms. The fourth-order valence-electron chi connectivity index (χ4n) is 6.05. The SMILES string of the molecule is C=CC(=O)N1CC(Cn2c(=O)c(NCCN3CCCCC3)nc3cc(-c4cc(O)cc5ccccc45)c(Cl)cc32)C1. The number of piperidine rings is 1. The molecule has 1 amide bonds. The Bertz CT molecular complexity index is 1690. The van der Waals surface area contributed by atoms with Gasteiger partial charge >= 0.3 is 0 Å². The van der Waals surface area contributed by atoms with Crippen molar-refractivity contribution in [3.05, 3.63) is 76.6 Å². The van der Waals surface area contributed by atoms with Crippen molar-refractivity contribution in [3.63, 3.8) is 0 Å². The summed E-state index contributed by atoms with van der Waals surface area (Å²) in [5, 5.41) is 16.1. The van der Waals surface area contributed by atoms with Crippen molar-refractivity contribution in [3.8, 4) is 16.9 Å². The Morgan fingerprint density at radius 2 is 1.88 bits per heavy atom. The molecule has 212 valence electrons. The van der Waals surface area contributed by atoms with Gasteiger partial charge in [0.05, 0.1) is 16.1 Å². The summed E-state index contributed by atoms with van der Waals surface area (Å²) in [6.45, 7) is 8.79. The predicted molar refractivity (Wildman–Crippen MR) is 165 cm³/mol. The number of nitrogens with one attached hydrogen (secondary N) is 1. The van der Waals surface area contributed by atoms with Crippen LogP contribution in [0.15, 0.2) is 66.0 Å². The number of hydrogen-bond donors (Lipinski definition) is 2. The molecule has 0 spiro atoms. The Morgan fingerprint density at radius 3 is 2.66 bits per heavy atom. The zero-order valence-electron chi connectivity index (χ0n) is 23.0. The van der Waals surface area contributed by atoms with Crippen LogP contribution in [0.2, 0.25) is 5.02 Å². The summed E-state index contributed by atoms with van der Waals surface area (Å²) >= 11 is 6.88. The van der Waals surface area contributed by atoms with Gasteiger partial charge in [-0.3, -0.25) is 9.59 Å². The number of benzene rings is 3. The fraction of sp³-hybridized carbons (Fsp3) is 0.344. The number of phenolic OH excluding ortho intramolecular Hbond substituents is 1. The summed E-state index contributed by atoms with van der Waals surface area (Å²) in [5.74, 6) is 0.495. The van der Waals surface area contributed by atoms with E-state index in [0.717, 1.165) is 41.5 Å². The van der Waals surface area contributed by atoms with E-state index in [1.807, 2.05) is 30.3 Å². The minimum atomic E-state index is -0.198. The van der Waals surface area contributed by atoms with Gasteiger partial charge in [-0.2, -0.15) is 0 Å². The molecule has 3 aromatic carbocycles. The molecule has 0 unspecified atom stereocenters. The molecular formula is C32H34ClN5O3. The molecule has 0 bridgehead atoms. The van der Waals surface area contributed by atoms with Crippen molar-refractivity contribution in [1.82, 2.24) is 19.4 Å². The summed E-state index contributed by atoms with van der Waals surface area (Å²) in [6, 6.07) is 15.0. The van der Waals surface area contributed by atoms with Crippen molar-refractivity contribution < 1.29 is 9.90 Å². The van der Waals surface area contributed by atoms with Crippen LogP contribution in [0.1, 0.15) is 19.3 Å². The maximum atomic E-state index is 13.7. The molecule has 4 aromatic rings. The third kappa shape index (κ3) is 5.54. The quantitative estimate of drug-likeness (QED) is 0.285. The zero-order valence-corrected chi connectivity index (χ0v) is 23.7. The molecule has 2 aliphatic heterocycles. The number of nitrogens with zero attached hydrogens (tertiary/aromatic N) is 4. The van der Waals surface area contributed by atoms with Crippen molar-refractivity contribution in [2.45, 2.75) is 25.8 Å². The highest BCUT2D eigenvalue weighted by Gasteiger charge is 2.30. The smallest absolute Gasteiger partial charge is 0.293 e. The van der Waals surface area contributed by atoms with E-state index >= 15 is 0 Å². The number of carbonyl (C=O) groups is 1.